The van der Waals surface area contributed by atoms with Gasteiger partial charge < -0.3 is 19.3 Å². The number of benzene rings is 3. The standard InChI is InChI=1S/C24H21ClN2O4/c1-29-22-10-7-14(11-23(22)30-2)24-27-19(16-5-3-4-6-21(16)31-24)13-18(26-27)17-12-15(25)8-9-20(17)28/h3-12,19,24,28H,13H2,1-2H3. The Hall–Kier alpha value is -3.38. The molecule has 0 saturated heterocycles. The van der Waals surface area contributed by atoms with E-state index in [1.807, 2.05) is 47.5 Å². The molecule has 5 rings (SSSR count). The van der Waals surface area contributed by atoms with Gasteiger partial charge in [-0.25, -0.2) is 5.01 Å². The molecular formula is C24H21ClN2O4. The predicted octanol–water partition coefficient (Wildman–Crippen LogP) is 5.31. The van der Waals surface area contributed by atoms with Gasteiger partial charge in [-0.15, -0.1) is 0 Å². The predicted molar refractivity (Wildman–Crippen MR) is 118 cm³/mol. The van der Waals surface area contributed by atoms with Crippen LogP contribution >= 0.6 is 11.6 Å². The van der Waals surface area contributed by atoms with Crippen molar-refractivity contribution in [2.24, 2.45) is 5.10 Å². The summed E-state index contributed by atoms with van der Waals surface area (Å²) >= 11 is 6.19. The Kier molecular flexibility index (Phi) is 4.87. The van der Waals surface area contributed by atoms with Crippen molar-refractivity contribution in [1.29, 1.82) is 0 Å². The molecule has 6 nitrogen and oxygen atoms in total. The van der Waals surface area contributed by atoms with E-state index < -0.39 is 6.23 Å². The van der Waals surface area contributed by atoms with Gasteiger partial charge >= 0.3 is 0 Å². The van der Waals surface area contributed by atoms with Gasteiger partial charge in [0, 0.05) is 28.1 Å². The van der Waals surface area contributed by atoms with Crippen LogP contribution in [-0.4, -0.2) is 30.0 Å². The maximum atomic E-state index is 10.4. The number of fused-ring (bicyclic) bond motifs is 3. The molecule has 158 valence electrons. The number of aromatic hydroxyl groups is 1. The molecule has 0 aromatic heterocycles. The van der Waals surface area contributed by atoms with E-state index >= 15 is 0 Å². The summed E-state index contributed by atoms with van der Waals surface area (Å²) in [6, 6.07) is 18.6. The summed E-state index contributed by atoms with van der Waals surface area (Å²) in [5.74, 6) is 2.23. The topological polar surface area (TPSA) is 63.5 Å². The SMILES string of the molecule is COc1ccc(C2Oc3ccccc3C3CC(c4cc(Cl)ccc4O)=NN32)cc1OC. The summed E-state index contributed by atoms with van der Waals surface area (Å²) in [7, 11) is 3.21. The molecule has 2 unspecified atom stereocenters. The maximum absolute atomic E-state index is 10.4. The summed E-state index contributed by atoms with van der Waals surface area (Å²) in [4.78, 5) is 0. The monoisotopic (exact) mass is 436 g/mol. The molecule has 0 amide bonds. The van der Waals surface area contributed by atoms with E-state index in [4.69, 9.17) is 30.9 Å². The van der Waals surface area contributed by atoms with Crippen LogP contribution in [0.4, 0.5) is 0 Å². The zero-order valence-electron chi connectivity index (χ0n) is 17.1. The zero-order chi connectivity index (χ0) is 21.5. The quantitative estimate of drug-likeness (QED) is 0.600. The number of hydrogen-bond acceptors (Lipinski definition) is 6. The van der Waals surface area contributed by atoms with Crippen LogP contribution < -0.4 is 14.2 Å². The Morgan fingerprint density at radius 2 is 1.84 bits per heavy atom. The number of halogens is 1. The number of hydrogen-bond donors (Lipinski definition) is 1. The fourth-order valence-electron chi connectivity index (χ4n) is 4.16. The molecule has 0 saturated carbocycles. The van der Waals surface area contributed by atoms with Crippen LogP contribution in [0.1, 0.15) is 35.4 Å². The smallest absolute Gasteiger partial charge is 0.214 e. The van der Waals surface area contributed by atoms with E-state index in [1.54, 1.807) is 32.4 Å². The average molecular weight is 437 g/mol. The van der Waals surface area contributed by atoms with E-state index in [-0.39, 0.29) is 11.8 Å². The number of nitrogens with zero attached hydrogens (tertiary/aromatic N) is 2. The fraction of sp³-hybridized carbons (Fsp3) is 0.208. The lowest BCUT2D eigenvalue weighted by Gasteiger charge is -2.38. The Labute approximate surface area is 185 Å². The van der Waals surface area contributed by atoms with Crippen LogP contribution in [-0.2, 0) is 0 Å². The van der Waals surface area contributed by atoms with Crippen LogP contribution in [0, 0.1) is 0 Å². The third-order valence-electron chi connectivity index (χ3n) is 5.66. The summed E-state index contributed by atoms with van der Waals surface area (Å²) in [5.41, 5.74) is 3.33. The maximum Gasteiger partial charge on any atom is 0.214 e. The molecule has 31 heavy (non-hydrogen) atoms. The second-order valence-electron chi connectivity index (χ2n) is 7.43. The fourth-order valence-corrected chi connectivity index (χ4v) is 4.33. The lowest BCUT2D eigenvalue weighted by molar-refractivity contribution is -0.0191. The Balaban J connectivity index is 1.61. The normalized spacial score (nSPS) is 19.2. The second-order valence-corrected chi connectivity index (χ2v) is 7.87. The molecule has 2 aliphatic heterocycles. The number of phenols is 1. The van der Waals surface area contributed by atoms with Gasteiger partial charge in [0.15, 0.2) is 11.5 Å². The number of hydrazone groups is 1. The van der Waals surface area contributed by atoms with Crippen molar-refractivity contribution in [3.63, 3.8) is 0 Å². The molecule has 2 atom stereocenters. The van der Waals surface area contributed by atoms with Crippen LogP contribution in [0.25, 0.3) is 0 Å². The molecule has 0 spiro atoms. The highest BCUT2D eigenvalue weighted by atomic mass is 35.5. The first kappa shape index (κ1) is 19.6. The lowest BCUT2D eigenvalue weighted by atomic mass is 9.95. The summed E-state index contributed by atoms with van der Waals surface area (Å²) in [6.45, 7) is 0. The highest BCUT2D eigenvalue weighted by Crippen LogP contribution is 2.48. The van der Waals surface area contributed by atoms with Crippen molar-refractivity contribution < 1.29 is 19.3 Å². The molecule has 0 aliphatic carbocycles. The number of phenolic OH excluding ortho intramolecular Hbond substituents is 1. The molecule has 3 aromatic carbocycles. The first-order valence-corrected chi connectivity index (χ1v) is 10.3. The van der Waals surface area contributed by atoms with Gasteiger partial charge in [-0.2, -0.15) is 5.10 Å². The highest BCUT2D eigenvalue weighted by Gasteiger charge is 2.41. The molecule has 3 aromatic rings. The summed E-state index contributed by atoms with van der Waals surface area (Å²) < 4.78 is 17.2. The number of methoxy groups -OCH3 is 2. The third-order valence-corrected chi connectivity index (χ3v) is 5.90. The van der Waals surface area contributed by atoms with E-state index in [1.165, 1.54) is 0 Å². The van der Waals surface area contributed by atoms with Gasteiger partial charge in [0.25, 0.3) is 0 Å². The van der Waals surface area contributed by atoms with E-state index in [9.17, 15) is 5.11 Å². The van der Waals surface area contributed by atoms with Crippen molar-refractivity contribution in [1.82, 2.24) is 5.01 Å². The van der Waals surface area contributed by atoms with E-state index in [0.29, 0.717) is 28.5 Å². The van der Waals surface area contributed by atoms with Crippen molar-refractivity contribution in [3.05, 3.63) is 82.4 Å². The first-order valence-electron chi connectivity index (χ1n) is 9.91. The third kappa shape index (κ3) is 3.33. The van der Waals surface area contributed by atoms with Crippen molar-refractivity contribution in [3.8, 4) is 23.0 Å². The van der Waals surface area contributed by atoms with Gasteiger partial charge in [-0.1, -0.05) is 29.8 Å². The number of rotatable bonds is 4. The Morgan fingerprint density at radius 3 is 2.65 bits per heavy atom. The van der Waals surface area contributed by atoms with Crippen LogP contribution in [0.3, 0.4) is 0 Å². The second kappa shape index (κ2) is 7.71. The number of para-hydroxylation sites is 1. The minimum Gasteiger partial charge on any atom is -0.507 e. The summed E-state index contributed by atoms with van der Waals surface area (Å²) in [6.07, 6.45) is 0.163. The Morgan fingerprint density at radius 1 is 1.03 bits per heavy atom. The van der Waals surface area contributed by atoms with E-state index in [0.717, 1.165) is 22.6 Å². The molecule has 0 radical (unpaired) electrons. The zero-order valence-corrected chi connectivity index (χ0v) is 17.8. The van der Waals surface area contributed by atoms with Gasteiger partial charge in [0.1, 0.15) is 11.5 Å². The highest BCUT2D eigenvalue weighted by molar-refractivity contribution is 6.31. The van der Waals surface area contributed by atoms with Crippen molar-refractivity contribution >= 4 is 17.3 Å². The van der Waals surface area contributed by atoms with Crippen LogP contribution in [0.15, 0.2) is 65.8 Å². The molecule has 2 aliphatic rings. The number of ether oxygens (including phenoxy) is 3. The lowest BCUT2D eigenvalue weighted by Crippen LogP contribution is -2.33. The van der Waals surface area contributed by atoms with Gasteiger partial charge in [-0.05, 0) is 42.5 Å². The largest absolute Gasteiger partial charge is 0.507 e. The molecule has 1 N–H and O–H groups in total. The average Bonchev–Trinajstić information content (AvgIpc) is 3.25. The molecule has 7 heteroatoms. The minimum atomic E-state index is -0.460. The van der Waals surface area contributed by atoms with Crippen molar-refractivity contribution in [2.45, 2.75) is 18.7 Å². The summed E-state index contributed by atoms with van der Waals surface area (Å²) in [5, 5.41) is 17.8. The van der Waals surface area contributed by atoms with Crippen LogP contribution in [0.5, 0.6) is 23.0 Å². The first-order chi connectivity index (χ1) is 15.1. The van der Waals surface area contributed by atoms with Gasteiger partial charge in [0.2, 0.25) is 6.23 Å². The van der Waals surface area contributed by atoms with Crippen molar-refractivity contribution in [2.75, 3.05) is 14.2 Å². The van der Waals surface area contributed by atoms with Crippen LogP contribution in [0.2, 0.25) is 5.02 Å². The van der Waals surface area contributed by atoms with Gasteiger partial charge in [-0.3, -0.25) is 0 Å². The Bertz CT molecular complexity index is 1180. The van der Waals surface area contributed by atoms with E-state index in [2.05, 4.69) is 0 Å². The molecule has 2 heterocycles. The minimum absolute atomic E-state index is 0.0311. The molecule has 0 bridgehead atoms. The molecular weight excluding hydrogens is 416 g/mol. The molecule has 0 fully saturated rings. The van der Waals surface area contributed by atoms with Gasteiger partial charge in [0.05, 0.1) is 26.0 Å².